The number of thiophene rings is 1. The van der Waals surface area contributed by atoms with Gasteiger partial charge in [0.1, 0.15) is 11.2 Å². The molecule has 11 aromatic rings. The van der Waals surface area contributed by atoms with Crippen LogP contribution in [0.25, 0.3) is 86.0 Å². The molecule has 0 spiro atoms. The lowest BCUT2D eigenvalue weighted by Gasteiger charge is -2.42. The van der Waals surface area contributed by atoms with E-state index in [1.54, 1.807) is 0 Å². The van der Waals surface area contributed by atoms with E-state index in [1.807, 2.05) is 11.3 Å². The van der Waals surface area contributed by atoms with Crippen molar-refractivity contribution in [2.24, 2.45) is 0 Å². The molecule has 0 fully saturated rings. The molecule has 3 aliphatic rings. The van der Waals surface area contributed by atoms with Crippen LogP contribution in [0.15, 0.2) is 150 Å². The molecule has 3 aromatic heterocycles. The van der Waals surface area contributed by atoms with Crippen molar-refractivity contribution in [1.82, 2.24) is 4.48 Å². The van der Waals surface area contributed by atoms with Gasteiger partial charge in [-0.25, -0.2) is 0 Å². The zero-order valence-corrected chi connectivity index (χ0v) is 38.9. The Morgan fingerprint density at radius 3 is 2.09 bits per heavy atom. The smallest absolute Gasteiger partial charge is 0.376 e. The summed E-state index contributed by atoms with van der Waals surface area (Å²) in [5, 5.41) is 8.92. The Kier molecular flexibility index (Phi) is 7.33. The lowest BCUT2D eigenvalue weighted by molar-refractivity contribution is 0.332. The van der Waals surface area contributed by atoms with Gasteiger partial charge in [-0.2, -0.15) is 0 Å². The number of aromatic nitrogens is 1. The Balaban J connectivity index is 1.21. The molecule has 0 atom stereocenters. The number of anilines is 3. The number of para-hydroxylation sites is 1. The van der Waals surface area contributed by atoms with Crippen LogP contribution in [-0.2, 0) is 16.2 Å². The van der Waals surface area contributed by atoms with Crippen molar-refractivity contribution in [1.29, 1.82) is 0 Å². The summed E-state index contributed by atoms with van der Waals surface area (Å²) in [5.41, 5.74) is 18.6. The molecular weight excluding hydrogens is 808 g/mol. The maximum absolute atomic E-state index is 7.72. The molecule has 0 saturated heterocycles. The Hall–Kier alpha value is -6.56. The van der Waals surface area contributed by atoms with E-state index < -0.39 is 0 Å². The van der Waals surface area contributed by atoms with E-state index in [0.29, 0.717) is 0 Å². The maximum atomic E-state index is 7.72. The Morgan fingerprint density at radius 2 is 1.31 bits per heavy atom. The van der Waals surface area contributed by atoms with Gasteiger partial charge in [-0.1, -0.05) is 146 Å². The first-order valence-corrected chi connectivity index (χ1v) is 24.2. The van der Waals surface area contributed by atoms with Gasteiger partial charge in [0.15, 0.2) is 0 Å². The summed E-state index contributed by atoms with van der Waals surface area (Å²) in [5.74, 6) is 0. The van der Waals surface area contributed by atoms with E-state index in [4.69, 9.17) is 4.42 Å². The first-order chi connectivity index (χ1) is 31.4. The molecule has 65 heavy (non-hydrogen) atoms. The third-order valence-electron chi connectivity index (χ3n) is 15.7. The standard InChI is InChI=1S/C60H49BN2OS/c1-58(2,3)37-24-25-46(41(30-37)34-16-9-8-10-17-34)62-48-33-51-52(39-20-13-14-23-50(39)65-51)53-40-22-15-21-38-42-28-35-18-11-12-19-36(35)29-47(42)63(55(38)40)61(54(48)53)57-56(62)43-31-44-45(32-49(43)64-57)60(6,7)27-26-59(44,4)5/h8-25,28-33H,26-27H2,1-7H3. The molecule has 0 bridgehead atoms. The monoisotopic (exact) mass is 856 g/mol. The minimum Gasteiger partial charge on any atom is -0.466 e. The summed E-state index contributed by atoms with van der Waals surface area (Å²) in [6, 6.07) is 55.6. The van der Waals surface area contributed by atoms with Gasteiger partial charge in [0, 0.05) is 64.2 Å². The molecule has 0 unspecified atom stereocenters. The summed E-state index contributed by atoms with van der Waals surface area (Å²) in [6.07, 6.45) is 2.29. The van der Waals surface area contributed by atoms with Crippen LogP contribution in [0.5, 0.6) is 0 Å². The molecule has 314 valence electrons. The van der Waals surface area contributed by atoms with Crippen molar-refractivity contribution >= 4 is 110 Å². The molecule has 0 saturated carbocycles. The fraction of sp³-hybridized carbons (Fsp3) is 0.200. The lowest BCUT2D eigenvalue weighted by Crippen LogP contribution is -2.56. The fourth-order valence-corrected chi connectivity index (χ4v) is 13.4. The molecule has 1 aliphatic carbocycles. The molecule has 0 amide bonds. The van der Waals surface area contributed by atoms with Crippen LogP contribution in [0.2, 0.25) is 0 Å². The number of benzene rings is 8. The van der Waals surface area contributed by atoms with Crippen LogP contribution in [0.4, 0.5) is 17.1 Å². The number of hydrogen-bond acceptors (Lipinski definition) is 3. The fourth-order valence-electron chi connectivity index (χ4n) is 12.3. The first-order valence-electron chi connectivity index (χ1n) is 23.4. The van der Waals surface area contributed by atoms with E-state index >= 15 is 0 Å². The third kappa shape index (κ3) is 5.03. The van der Waals surface area contributed by atoms with E-state index in [-0.39, 0.29) is 23.1 Å². The second-order valence-electron chi connectivity index (χ2n) is 21.5. The first kappa shape index (κ1) is 37.8. The van der Waals surface area contributed by atoms with Crippen LogP contribution < -0.4 is 16.0 Å². The quantitative estimate of drug-likeness (QED) is 0.162. The minimum atomic E-state index is -0.218. The largest absolute Gasteiger partial charge is 0.466 e. The summed E-state index contributed by atoms with van der Waals surface area (Å²) >= 11 is 1.92. The maximum Gasteiger partial charge on any atom is 0.376 e. The van der Waals surface area contributed by atoms with E-state index in [2.05, 4.69) is 203 Å². The molecule has 0 N–H and O–H groups in total. The Bertz CT molecular complexity index is 3890. The predicted molar refractivity (Wildman–Crippen MR) is 280 cm³/mol. The van der Waals surface area contributed by atoms with Crippen LogP contribution in [0.1, 0.15) is 78.0 Å². The van der Waals surface area contributed by atoms with E-state index in [1.165, 1.54) is 114 Å². The Labute approximate surface area is 384 Å². The van der Waals surface area contributed by atoms with E-state index in [9.17, 15) is 0 Å². The zero-order chi connectivity index (χ0) is 43.9. The minimum absolute atomic E-state index is 0.0220. The highest BCUT2D eigenvalue weighted by Gasteiger charge is 2.48. The highest BCUT2D eigenvalue weighted by atomic mass is 32.1. The van der Waals surface area contributed by atoms with Gasteiger partial charge in [-0.15, -0.1) is 11.3 Å². The Morgan fingerprint density at radius 1 is 0.600 bits per heavy atom. The van der Waals surface area contributed by atoms with Gasteiger partial charge in [-0.05, 0) is 122 Å². The zero-order valence-electron chi connectivity index (χ0n) is 38.1. The normalized spacial score (nSPS) is 16.0. The van der Waals surface area contributed by atoms with Gasteiger partial charge in [0.05, 0.1) is 11.4 Å². The van der Waals surface area contributed by atoms with Gasteiger partial charge >= 0.3 is 6.85 Å². The van der Waals surface area contributed by atoms with Gasteiger partial charge in [0.25, 0.3) is 0 Å². The summed E-state index contributed by atoms with van der Waals surface area (Å²) in [7, 11) is 0. The average Bonchev–Trinajstić information content (AvgIpc) is 3.97. The topological polar surface area (TPSA) is 21.3 Å². The number of fused-ring (bicyclic) bond motifs is 15. The molecule has 5 heteroatoms. The second-order valence-corrected chi connectivity index (χ2v) is 22.6. The SMILES string of the molecule is CC(C)(C)c1ccc(N2c3cc4sc5ccccc5c4c4c3B(c3oc5cc6c(cc5c32)C(C)(C)CCC6(C)C)n2c3cc5ccccc5cc3c3cccc-4c32)c(-c2ccccc2)c1. The van der Waals surface area contributed by atoms with Crippen LogP contribution in [-0.4, -0.2) is 11.3 Å². The van der Waals surface area contributed by atoms with E-state index in [0.717, 1.165) is 29.8 Å². The molecule has 3 nitrogen and oxygen atoms in total. The van der Waals surface area contributed by atoms with Crippen molar-refractivity contribution in [2.75, 3.05) is 4.90 Å². The number of furan rings is 1. The number of nitrogens with zero attached hydrogens (tertiary/aromatic N) is 2. The van der Waals surface area contributed by atoms with Gasteiger partial charge in [-0.3, -0.25) is 0 Å². The highest BCUT2D eigenvalue weighted by molar-refractivity contribution is 7.26. The van der Waals surface area contributed by atoms with Gasteiger partial charge in [0.2, 0.25) is 0 Å². The van der Waals surface area contributed by atoms with Gasteiger partial charge < -0.3 is 13.8 Å². The molecule has 2 aliphatic heterocycles. The molecule has 0 radical (unpaired) electrons. The van der Waals surface area contributed by atoms with Crippen LogP contribution in [0, 0.1) is 0 Å². The molecule has 14 rings (SSSR count). The molecule has 5 heterocycles. The van der Waals surface area contributed by atoms with Crippen molar-refractivity contribution in [2.45, 2.75) is 77.6 Å². The highest BCUT2D eigenvalue weighted by Crippen LogP contribution is 2.55. The number of hydrogen-bond donors (Lipinski definition) is 0. The summed E-state index contributed by atoms with van der Waals surface area (Å²) < 4.78 is 13.0. The predicted octanol–water partition coefficient (Wildman–Crippen LogP) is 15.8. The number of rotatable bonds is 2. The van der Waals surface area contributed by atoms with Crippen molar-refractivity contribution in [3.8, 4) is 22.3 Å². The summed E-state index contributed by atoms with van der Waals surface area (Å²) in [6.45, 7) is 16.5. The summed E-state index contributed by atoms with van der Waals surface area (Å²) in [4.78, 5) is 2.63. The average molecular weight is 857 g/mol. The van der Waals surface area contributed by atoms with Crippen molar-refractivity contribution in [3.05, 3.63) is 162 Å². The molecular formula is C60H49BN2OS. The van der Waals surface area contributed by atoms with Crippen LogP contribution in [0.3, 0.4) is 0 Å². The third-order valence-corrected chi connectivity index (χ3v) is 16.9. The van der Waals surface area contributed by atoms with Crippen molar-refractivity contribution < 1.29 is 4.42 Å². The molecule has 8 aromatic carbocycles. The van der Waals surface area contributed by atoms with Crippen LogP contribution >= 0.6 is 11.3 Å². The lowest BCUT2D eigenvalue weighted by atomic mass is 9.47. The second kappa shape index (κ2) is 12.6. The van der Waals surface area contributed by atoms with Crippen molar-refractivity contribution in [3.63, 3.8) is 0 Å².